The lowest BCUT2D eigenvalue weighted by molar-refractivity contribution is -0.127. The van der Waals surface area contributed by atoms with Gasteiger partial charge in [-0.1, -0.05) is 38.8 Å². The summed E-state index contributed by atoms with van der Waals surface area (Å²) in [7, 11) is 0. The third kappa shape index (κ3) is 4.14. The summed E-state index contributed by atoms with van der Waals surface area (Å²) in [5.41, 5.74) is 0.884. The fraction of sp³-hybridized carbons (Fsp3) is 0.667. The van der Waals surface area contributed by atoms with Crippen LogP contribution in [-0.4, -0.2) is 54.2 Å². The quantitative estimate of drug-likeness (QED) is 0.868. The first-order valence-corrected chi connectivity index (χ1v) is 10.0. The number of nitrogens with zero attached hydrogens (tertiary/aromatic N) is 2. The third-order valence-corrected chi connectivity index (χ3v) is 6.50. The molecule has 2 fully saturated rings. The van der Waals surface area contributed by atoms with E-state index in [1.54, 1.807) is 6.07 Å². The van der Waals surface area contributed by atoms with E-state index in [0.717, 1.165) is 38.3 Å². The Balaban J connectivity index is 1.52. The van der Waals surface area contributed by atoms with Gasteiger partial charge in [-0.05, 0) is 37.3 Å². The number of hydrogen-bond acceptors (Lipinski definition) is 4. The number of amides is 1. The van der Waals surface area contributed by atoms with Crippen molar-refractivity contribution in [2.45, 2.75) is 52.1 Å². The van der Waals surface area contributed by atoms with Gasteiger partial charge in [-0.2, -0.15) is 0 Å². The summed E-state index contributed by atoms with van der Waals surface area (Å²) in [6.07, 6.45) is 3.59. The topological polar surface area (TPSA) is 55.8 Å². The summed E-state index contributed by atoms with van der Waals surface area (Å²) in [5.74, 6) is 1.73. The normalized spacial score (nSPS) is 28.6. The summed E-state index contributed by atoms with van der Waals surface area (Å²) in [5, 5.41) is 13.3. The maximum atomic E-state index is 12.8. The lowest BCUT2D eigenvalue weighted by Crippen LogP contribution is -2.56. The molecule has 1 heterocycles. The van der Waals surface area contributed by atoms with Crippen LogP contribution >= 0.6 is 0 Å². The van der Waals surface area contributed by atoms with Crippen LogP contribution in [0.25, 0.3) is 0 Å². The predicted octanol–water partition coefficient (Wildman–Crippen LogP) is 2.84. The molecule has 144 valence electrons. The van der Waals surface area contributed by atoms with E-state index in [4.69, 9.17) is 0 Å². The largest absolute Gasteiger partial charge is 0.506 e. The van der Waals surface area contributed by atoms with E-state index in [2.05, 4.69) is 29.0 Å². The first-order chi connectivity index (χ1) is 12.5. The molecule has 2 N–H and O–H groups in total. The van der Waals surface area contributed by atoms with Gasteiger partial charge < -0.3 is 15.3 Å². The van der Waals surface area contributed by atoms with Crippen molar-refractivity contribution < 1.29 is 9.90 Å². The third-order valence-electron chi connectivity index (χ3n) is 6.50. The zero-order valence-electron chi connectivity index (χ0n) is 16.3. The molecule has 0 spiro atoms. The van der Waals surface area contributed by atoms with Gasteiger partial charge in [-0.25, -0.2) is 0 Å². The summed E-state index contributed by atoms with van der Waals surface area (Å²) in [6, 6.07) is 7.68. The van der Waals surface area contributed by atoms with Crippen LogP contribution in [0, 0.1) is 11.8 Å². The van der Waals surface area contributed by atoms with Crippen LogP contribution in [0.4, 0.5) is 5.69 Å². The molecule has 2 aliphatic rings. The first kappa shape index (κ1) is 19.0. The van der Waals surface area contributed by atoms with Gasteiger partial charge in [0, 0.05) is 32.2 Å². The number of hydrogen-bond donors (Lipinski definition) is 2. The monoisotopic (exact) mass is 359 g/mol. The molecule has 1 aromatic rings. The second-order valence-corrected chi connectivity index (χ2v) is 8.07. The second-order valence-electron chi connectivity index (χ2n) is 8.07. The van der Waals surface area contributed by atoms with Crippen molar-refractivity contribution in [1.82, 2.24) is 10.2 Å². The lowest BCUT2D eigenvalue weighted by Gasteiger charge is -2.40. The molecule has 1 saturated carbocycles. The number of rotatable bonds is 4. The Bertz CT molecular complexity index is 613. The van der Waals surface area contributed by atoms with Gasteiger partial charge in [0.2, 0.25) is 5.91 Å². The average molecular weight is 360 g/mol. The molecule has 1 aromatic carbocycles. The number of aromatic hydroxyl groups is 1. The SMILES string of the molecule is C[C@@H]1[C@@H](C)CCC[C@H]1NC(=O)[C@@H](C)N1CCN(c2ccccc2O)CC1. The maximum absolute atomic E-state index is 12.8. The molecule has 4 atom stereocenters. The van der Waals surface area contributed by atoms with Gasteiger partial charge in [0.05, 0.1) is 11.7 Å². The standard InChI is InChI=1S/C21H33N3O2/c1-15-7-6-8-18(16(15)2)22-21(26)17(3)23-11-13-24(14-12-23)19-9-4-5-10-20(19)25/h4-5,9-10,15-18,25H,6-8,11-14H2,1-3H3,(H,22,26)/t15-,16+,17+,18+/m0/s1. The summed E-state index contributed by atoms with van der Waals surface area (Å²) in [4.78, 5) is 17.2. The van der Waals surface area contributed by atoms with Crippen LogP contribution < -0.4 is 10.2 Å². The van der Waals surface area contributed by atoms with Crippen molar-refractivity contribution in [2.24, 2.45) is 11.8 Å². The number of carbonyl (C=O) groups is 1. The van der Waals surface area contributed by atoms with Crippen molar-refractivity contribution in [2.75, 3.05) is 31.1 Å². The number of nitrogens with one attached hydrogen (secondary N) is 1. The van der Waals surface area contributed by atoms with Crippen molar-refractivity contribution in [3.63, 3.8) is 0 Å². The van der Waals surface area contributed by atoms with E-state index in [1.165, 1.54) is 12.8 Å². The van der Waals surface area contributed by atoms with E-state index in [0.29, 0.717) is 23.6 Å². The molecule has 5 nitrogen and oxygen atoms in total. The van der Waals surface area contributed by atoms with Gasteiger partial charge >= 0.3 is 0 Å². The van der Waals surface area contributed by atoms with Crippen molar-refractivity contribution in [1.29, 1.82) is 0 Å². The number of benzene rings is 1. The Morgan fingerprint density at radius 2 is 1.85 bits per heavy atom. The van der Waals surface area contributed by atoms with Crippen molar-refractivity contribution in [3.05, 3.63) is 24.3 Å². The van der Waals surface area contributed by atoms with Gasteiger partial charge in [0.1, 0.15) is 5.75 Å². The highest BCUT2D eigenvalue weighted by atomic mass is 16.3. The molecule has 1 amide bonds. The van der Waals surface area contributed by atoms with E-state index in [9.17, 15) is 9.90 Å². The van der Waals surface area contributed by atoms with Crippen LogP contribution in [-0.2, 0) is 4.79 Å². The van der Waals surface area contributed by atoms with E-state index in [-0.39, 0.29) is 11.9 Å². The van der Waals surface area contributed by atoms with Crippen molar-refractivity contribution in [3.8, 4) is 5.75 Å². The molecule has 1 aliphatic carbocycles. The number of piperazine rings is 1. The maximum Gasteiger partial charge on any atom is 0.237 e. The molecule has 1 saturated heterocycles. The molecule has 0 bridgehead atoms. The van der Waals surface area contributed by atoms with Gasteiger partial charge in [-0.3, -0.25) is 9.69 Å². The fourth-order valence-corrected chi connectivity index (χ4v) is 4.34. The highest BCUT2D eigenvalue weighted by Crippen LogP contribution is 2.30. The Kier molecular flexibility index (Phi) is 6.07. The zero-order valence-corrected chi connectivity index (χ0v) is 16.3. The minimum Gasteiger partial charge on any atom is -0.506 e. The number of carbonyl (C=O) groups excluding carboxylic acids is 1. The lowest BCUT2D eigenvalue weighted by atomic mass is 9.78. The first-order valence-electron chi connectivity index (χ1n) is 10.0. The van der Waals surface area contributed by atoms with Crippen LogP contribution in [0.2, 0.25) is 0 Å². The molecule has 0 unspecified atom stereocenters. The Labute approximate surface area is 157 Å². The highest BCUT2D eigenvalue weighted by Gasteiger charge is 2.31. The highest BCUT2D eigenvalue weighted by molar-refractivity contribution is 5.81. The zero-order chi connectivity index (χ0) is 18.7. The molecular formula is C21H33N3O2. The Hall–Kier alpha value is -1.75. The van der Waals surface area contributed by atoms with E-state index >= 15 is 0 Å². The van der Waals surface area contributed by atoms with Crippen LogP contribution in [0.1, 0.15) is 40.0 Å². The number of phenols is 1. The smallest absolute Gasteiger partial charge is 0.237 e. The van der Waals surface area contributed by atoms with E-state index < -0.39 is 0 Å². The van der Waals surface area contributed by atoms with Crippen LogP contribution in [0.15, 0.2) is 24.3 Å². The van der Waals surface area contributed by atoms with E-state index in [1.807, 2.05) is 25.1 Å². The minimum atomic E-state index is -0.106. The van der Waals surface area contributed by atoms with Crippen LogP contribution in [0.3, 0.4) is 0 Å². The molecular weight excluding hydrogens is 326 g/mol. The molecule has 0 aromatic heterocycles. The molecule has 26 heavy (non-hydrogen) atoms. The van der Waals surface area contributed by atoms with Gasteiger partial charge in [0.25, 0.3) is 0 Å². The molecule has 0 radical (unpaired) electrons. The predicted molar refractivity (Wildman–Crippen MR) is 105 cm³/mol. The Morgan fingerprint density at radius 3 is 2.54 bits per heavy atom. The van der Waals surface area contributed by atoms with Gasteiger partial charge in [-0.15, -0.1) is 0 Å². The Morgan fingerprint density at radius 1 is 1.15 bits per heavy atom. The summed E-state index contributed by atoms with van der Waals surface area (Å²) in [6.45, 7) is 9.90. The molecule has 5 heteroatoms. The summed E-state index contributed by atoms with van der Waals surface area (Å²) >= 11 is 0. The molecule has 1 aliphatic heterocycles. The minimum absolute atomic E-state index is 0.106. The second kappa shape index (κ2) is 8.30. The molecule has 3 rings (SSSR count). The average Bonchev–Trinajstić information content (AvgIpc) is 2.65. The van der Waals surface area contributed by atoms with Gasteiger partial charge in [0.15, 0.2) is 0 Å². The fourth-order valence-electron chi connectivity index (χ4n) is 4.34. The van der Waals surface area contributed by atoms with Crippen molar-refractivity contribution >= 4 is 11.6 Å². The summed E-state index contributed by atoms with van der Waals surface area (Å²) < 4.78 is 0. The number of anilines is 1. The van der Waals surface area contributed by atoms with Crippen LogP contribution in [0.5, 0.6) is 5.75 Å². The number of phenolic OH excluding ortho intramolecular Hbond substituents is 1. The number of para-hydroxylation sites is 2.